The highest BCUT2D eigenvalue weighted by Crippen LogP contribution is 2.34. The maximum absolute atomic E-state index is 13.0. The quantitative estimate of drug-likeness (QED) is 0.538. The third kappa shape index (κ3) is 4.29. The van der Waals surface area contributed by atoms with Gasteiger partial charge in [-0.25, -0.2) is 4.98 Å². The Morgan fingerprint density at radius 1 is 1.14 bits per heavy atom. The van der Waals surface area contributed by atoms with E-state index in [9.17, 15) is 18.0 Å². The average molecular weight is 422 g/mol. The predicted molar refractivity (Wildman–Crippen MR) is 109 cm³/mol. The summed E-state index contributed by atoms with van der Waals surface area (Å²) in [6.45, 7) is 4.82. The van der Waals surface area contributed by atoms with E-state index in [0.717, 1.165) is 12.1 Å². The standard InChI is InChI=1S/C21H19ClF3N3O/c1-3-28(4-2)20(29)16-12-26-19(15-9-6-10-17(22)18(15)16)27-14-8-5-7-13(11-14)21(23,24)25/h5-12H,3-4H2,1-2H3,(H,26,27). The topological polar surface area (TPSA) is 45.2 Å². The molecule has 0 aliphatic rings. The highest BCUT2D eigenvalue weighted by atomic mass is 35.5. The summed E-state index contributed by atoms with van der Waals surface area (Å²) in [6, 6.07) is 9.93. The lowest BCUT2D eigenvalue weighted by Gasteiger charge is -2.20. The molecule has 8 heteroatoms. The minimum atomic E-state index is -4.45. The van der Waals surface area contributed by atoms with Crippen LogP contribution in [0.5, 0.6) is 0 Å². The van der Waals surface area contributed by atoms with Gasteiger partial charge in [0.15, 0.2) is 0 Å². The van der Waals surface area contributed by atoms with Crippen LogP contribution in [0.25, 0.3) is 10.8 Å². The van der Waals surface area contributed by atoms with Gasteiger partial charge >= 0.3 is 6.18 Å². The Labute approximate surface area is 171 Å². The fourth-order valence-corrected chi connectivity index (χ4v) is 3.39. The van der Waals surface area contributed by atoms with Crippen LogP contribution in [-0.4, -0.2) is 28.9 Å². The summed E-state index contributed by atoms with van der Waals surface area (Å²) in [5.74, 6) is 0.115. The van der Waals surface area contributed by atoms with Crippen molar-refractivity contribution in [3.63, 3.8) is 0 Å². The number of nitrogens with one attached hydrogen (secondary N) is 1. The van der Waals surface area contributed by atoms with Crippen molar-refractivity contribution < 1.29 is 18.0 Å². The van der Waals surface area contributed by atoms with Gasteiger partial charge in [0.1, 0.15) is 5.82 Å². The molecular formula is C21H19ClF3N3O. The van der Waals surface area contributed by atoms with Crippen LogP contribution in [0.3, 0.4) is 0 Å². The molecule has 0 radical (unpaired) electrons. The summed E-state index contributed by atoms with van der Waals surface area (Å²) in [4.78, 5) is 18.8. The first-order valence-corrected chi connectivity index (χ1v) is 9.44. The normalized spacial score (nSPS) is 11.5. The molecule has 4 nitrogen and oxygen atoms in total. The Morgan fingerprint density at radius 3 is 2.48 bits per heavy atom. The second-order valence-corrected chi connectivity index (χ2v) is 6.77. The van der Waals surface area contributed by atoms with Gasteiger partial charge in [0.25, 0.3) is 5.91 Å². The smallest absolute Gasteiger partial charge is 0.340 e. The van der Waals surface area contributed by atoms with Crippen molar-refractivity contribution in [1.82, 2.24) is 9.88 Å². The average Bonchev–Trinajstić information content (AvgIpc) is 2.69. The van der Waals surface area contributed by atoms with Gasteiger partial charge < -0.3 is 10.2 Å². The van der Waals surface area contributed by atoms with Crippen molar-refractivity contribution >= 4 is 39.8 Å². The van der Waals surface area contributed by atoms with E-state index in [1.54, 1.807) is 23.1 Å². The highest BCUT2D eigenvalue weighted by Gasteiger charge is 2.30. The Bertz CT molecular complexity index is 1050. The number of pyridine rings is 1. The van der Waals surface area contributed by atoms with Crippen molar-refractivity contribution in [3.8, 4) is 0 Å². The molecule has 1 N–H and O–H groups in total. The number of alkyl halides is 3. The van der Waals surface area contributed by atoms with Gasteiger partial charge in [-0.1, -0.05) is 29.8 Å². The molecule has 2 aromatic carbocycles. The number of amides is 1. The lowest BCUT2D eigenvalue weighted by molar-refractivity contribution is -0.137. The third-order valence-electron chi connectivity index (χ3n) is 4.59. The number of anilines is 2. The number of halogens is 4. The fraction of sp³-hybridized carbons (Fsp3) is 0.238. The van der Waals surface area contributed by atoms with Gasteiger partial charge in [-0.3, -0.25) is 4.79 Å². The molecule has 1 amide bonds. The number of benzene rings is 2. The third-order valence-corrected chi connectivity index (χ3v) is 4.91. The molecule has 0 saturated heterocycles. The molecule has 0 aliphatic heterocycles. The van der Waals surface area contributed by atoms with E-state index < -0.39 is 11.7 Å². The SMILES string of the molecule is CCN(CC)C(=O)c1cnc(Nc2cccc(C(F)(F)F)c2)c2cccc(Cl)c12. The number of carbonyl (C=O) groups is 1. The van der Waals surface area contributed by atoms with Gasteiger partial charge in [0, 0.05) is 40.8 Å². The Hall–Kier alpha value is -2.80. The van der Waals surface area contributed by atoms with Gasteiger partial charge in [0.2, 0.25) is 0 Å². The summed E-state index contributed by atoms with van der Waals surface area (Å²) < 4.78 is 39.0. The van der Waals surface area contributed by atoms with Crippen molar-refractivity contribution in [2.75, 3.05) is 18.4 Å². The molecule has 0 aliphatic carbocycles. The number of carbonyl (C=O) groups excluding carboxylic acids is 1. The Balaban J connectivity index is 2.09. The zero-order valence-corrected chi connectivity index (χ0v) is 16.6. The van der Waals surface area contributed by atoms with Crippen molar-refractivity contribution in [3.05, 3.63) is 64.8 Å². The molecule has 0 bridgehead atoms. The lowest BCUT2D eigenvalue weighted by Crippen LogP contribution is -2.30. The largest absolute Gasteiger partial charge is 0.416 e. The van der Waals surface area contributed by atoms with E-state index in [0.29, 0.717) is 40.3 Å². The van der Waals surface area contributed by atoms with E-state index in [4.69, 9.17) is 11.6 Å². The summed E-state index contributed by atoms with van der Waals surface area (Å²) in [5, 5.41) is 4.34. The van der Waals surface area contributed by atoms with Gasteiger partial charge in [-0.2, -0.15) is 13.2 Å². The minimum Gasteiger partial charge on any atom is -0.340 e. The van der Waals surface area contributed by atoms with E-state index in [-0.39, 0.29) is 11.6 Å². The second kappa shape index (κ2) is 8.29. The lowest BCUT2D eigenvalue weighted by atomic mass is 10.1. The van der Waals surface area contributed by atoms with E-state index >= 15 is 0 Å². The number of hydrogen-bond acceptors (Lipinski definition) is 3. The van der Waals surface area contributed by atoms with E-state index in [2.05, 4.69) is 10.3 Å². The van der Waals surface area contributed by atoms with Gasteiger partial charge in [0.05, 0.1) is 11.1 Å². The van der Waals surface area contributed by atoms with Crippen LogP contribution in [0.2, 0.25) is 5.02 Å². The van der Waals surface area contributed by atoms with Crippen LogP contribution in [0.1, 0.15) is 29.8 Å². The molecule has 0 fully saturated rings. The number of hydrogen-bond donors (Lipinski definition) is 1. The first kappa shape index (κ1) is 20.9. The van der Waals surface area contributed by atoms with Crippen LogP contribution in [0.15, 0.2) is 48.7 Å². The maximum atomic E-state index is 13.0. The maximum Gasteiger partial charge on any atom is 0.416 e. The minimum absolute atomic E-state index is 0.203. The molecule has 29 heavy (non-hydrogen) atoms. The molecule has 152 valence electrons. The molecular weight excluding hydrogens is 403 g/mol. The van der Waals surface area contributed by atoms with Crippen LogP contribution in [0, 0.1) is 0 Å². The van der Waals surface area contributed by atoms with Gasteiger partial charge in [-0.05, 0) is 38.1 Å². The molecule has 1 heterocycles. The molecule has 0 spiro atoms. The highest BCUT2D eigenvalue weighted by molar-refractivity contribution is 6.37. The van der Waals surface area contributed by atoms with Gasteiger partial charge in [-0.15, -0.1) is 0 Å². The number of nitrogens with zero attached hydrogens (tertiary/aromatic N) is 2. The zero-order valence-electron chi connectivity index (χ0n) is 15.8. The monoisotopic (exact) mass is 421 g/mol. The van der Waals surface area contributed by atoms with Crippen LogP contribution < -0.4 is 5.32 Å². The van der Waals surface area contributed by atoms with E-state index in [1.165, 1.54) is 18.3 Å². The summed E-state index contributed by atoms with van der Waals surface area (Å²) >= 11 is 6.38. The Kier molecular flexibility index (Phi) is 5.98. The summed E-state index contributed by atoms with van der Waals surface area (Å²) in [5.41, 5.74) is -0.182. The summed E-state index contributed by atoms with van der Waals surface area (Å²) in [7, 11) is 0. The van der Waals surface area contributed by atoms with Crippen LogP contribution in [0.4, 0.5) is 24.7 Å². The van der Waals surface area contributed by atoms with Crippen molar-refractivity contribution in [2.45, 2.75) is 20.0 Å². The molecule has 0 atom stereocenters. The summed E-state index contributed by atoms with van der Waals surface area (Å²) in [6.07, 6.45) is -3.04. The van der Waals surface area contributed by atoms with E-state index in [1.807, 2.05) is 13.8 Å². The molecule has 0 unspecified atom stereocenters. The second-order valence-electron chi connectivity index (χ2n) is 6.36. The fourth-order valence-electron chi connectivity index (χ4n) is 3.11. The molecule has 3 rings (SSSR count). The zero-order chi connectivity index (χ0) is 21.2. The van der Waals surface area contributed by atoms with Crippen molar-refractivity contribution in [2.24, 2.45) is 0 Å². The van der Waals surface area contributed by atoms with Crippen molar-refractivity contribution in [1.29, 1.82) is 0 Å². The molecule has 0 saturated carbocycles. The number of aromatic nitrogens is 1. The predicted octanol–water partition coefficient (Wildman–Crippen LogP) is 6.13. The first-order valence-electron chi connectivity index (χ1n) is 9.07. The number of fused-ring (bicyclic) bond motifs is 1. The Morgan fingerprint density at radius 2 is 1.83 bits per heavy atom. The molecule has 1 aromatic heterocycles. The van der Waals surface area contributed by atoms with Crippen LogP contribution >= 0.6 is 11.6 Å². The first-order chi connectivity index (χ1) is 13.8. The van der Waals surface area contributed by atoms with Crippen LogP contribution in [-0.2, 0) is 6.18 Å². The number of rotatable bonds is 5. The molecule has 3 aromatic rings.